The summed E-state index contributed by atoms with van der Waals surface area (Å²) in [5.41, 5.74) is 1.68. The lowest BCUT2D eigenvalue weighted by atomic mass is 9.96. The van der Waals surface area contributed by atoms with Crippen molar-refractivity contribution >= 4 is 5.91 Å². The molecule has 0 spiro atoms. The Hall–Kier alpha value is -2.07. The van der Waals surface area contributed by atoms with Crippen molar-refractivity contribution in [2.24, 2.45) is 0 Å². The predicted molar refractivity (Wildman–Crippen MR) is 84.5 cm³/mol. The van der Waals surface area contributed by atoms with E-state index in [0.717, 1.165) is 24.0 Å². The number of furan rings is 1. The van der Waals surface area contributed by atoms with Crippen LogP contribution in [0.1, 0.15) is 37.0 Å². The van der Waals surface area contributed by atoms with Crippen LogP contribution in [0.5, 0.6) is 0 Å². The summed E-state index contributed by atoms with van der Waals surface area (Å²) in [6.07, 6.45) is 5.06. The van der Waals surface area contributed by atoms with Crippen LogP contribution in [0.2, 0.25) is 0 Å². The molecule has 2 heterocycles. The number of carbonyl (C=O) groups excluding carboxylic acids is 1. The number of carbonyl (C=O) groups is 1. The van der Waals surface area contributed by atoms with Gasteiger partial charge in [0.2, 0.25) is 0 Å². The van der Waals surface area contributed by atoms with Crippen molar-refractivity contribution in [3.63, 3.8) is 0 Å². The Balaban J connectivity index is 1.88. The average Bonchev–Trinajstić information content (AvgIpc) is 3.17. The first-order valence-electron chi connectivity index (χ1n) is 7.63. The van der Waals surface area contributed by atoms with Crippen molar-refractivity contribution in [2.75, 3.05) is 6.54 Å². The van der Waals surface area contributed by atoms with Gasteiger partial charge in [-0.2, -0.15) is 0 Å². The van der Waals surface area contributed by atoms with Crippen molar-refractivity contribution in [1.29, 1.82) is 0 Å². The molecule has 4 heteroatoms. The van der Waals surface area contributed by atoms with Crippen LogP contribution in [0, 0.1) is 0 Å². The summed E-state index contributed by atoms with van der Waals surface area (Å²) in [4.78, 5) is 14.6. The molecule has 1 saturated heterocycles. The summed E-state index contributed by atoms with van der Waals surface area (Å²) in [5, 5.41) is 10.3. The molecule has 0 saturated carbocycles. The van der Waals surface area contributed by atoms with Gasteiger partial charge in [0, 0.05) is 17.7 Å². The SMILES string of the molecule is CC(C)(O)[C@@H]1CCCN1C(=O)c1cccc(-c2ccoc2)c1. The van der Waals surface area contributed by atoms with Crippen LogP contribution in [-0.2, 0) is 0 Å². The summed E-state index contributed by atoms with van der Waals surface area (Å²) in [7, 11) is 0. The Labute approximate surface area is 130 Å². The lowest BCUT2D eigenvalue weighted by Gasteiger charge is -2.33. The van der Waals surface area contributed by atoms with Crippen molar-refractivity contribution < 1.29 is 14.3 Å². The fourth-order valence-corrected chi connectivity index (χ4v) is 3.17. The summed E-state index contributed by atoms with van der Waals surface area (Å²) in [6, 6.07) is 9.29. The van der Waals surface area contributed by atoms with Gasteiger partial charge in [0.05, 0.1) is 24.2 Å². The highest BCUT2D eigenvalue weighted by Gasteiger charge is 2.38. The van der Waals surface area contributed by atoms with Gasteiger partial charge in [-0.1, -0.05) is 12.1 Å². The Morgan fingerprint density at radius 3 is 2.82 bits per heavy atom. The molecule has 1 amide bonds. The van der Waals surface area contributed by atoms with Crippen molar-refractivity contribution in [2.45, 2.75) is 38.3 Å². The molecule has 1 atom stereocenters. The molecule has 4 nitrogen and oxygen atoms in total. The summed E-state index contributed by atoms with van der Waals surface area (Å²) < 4.78 is 5.10. The highest BCUT2D eigenvalue weighted by Crippen LogP contribution is 2.29. The molecule has 22 heavy (non-hydrogen) atoms. The number of amides is 1. The highest BCUT2D eigenvalue weighted by molar-refractivity contribution is 5.96. The molecular formula is C18H21NO3. The van der Waals surface area contributed by atoms with Crippen molar-refractivity contribution in [3.05, 3.63) is 48.4 Å². The summed E-state index contributed by atoms with van der Waals surface area (Å²) in [6.45, 7) is 4.24. The van der Waals surface area contributed by atoms with E-state index < -0.39 is 5.60 Å². The zero-order valence-electron chi connectivity index (χ0n) is 13.0. The van der Waals surface area contributed by atoms with Crippen LogP contribution < -0.4 is 0 Å². The quantitative estimate of drug-likeness (QED) is 0.946. The Bertz CT molecular complexity index is 655. The lowest BCUT2D eigenvalue weighted by molar-refractivity contribution is 0.000339. The largest absolute Gasteiger partial charge is 0.472 e. The first-order chi connectivity index (χ1) is 10.5. The van der Waals surface area contributed by atoms with Gasteiger partial charge in [-0.25, -0.2) is 0 Å². The molecule has 1 aliphatic rings. The highest BCUT2D eigenvalue weighted by atomic mass is 16.3. The topological polar surface area (TPSA) is 53.7 Å². The van der Waals surface area contributed by atoms with Crippen LogP contribution in [0.4, 0.5) is 0 Å². The van der Waals surface area contributed by atoms with E-state index in [1.165, 1.54) is 0 Å². The van der Waals surface area contributed by atoms with E-state index in [0.29, 0.717) is 12.1 Å². The number of hydrogen-bond acceptors (Lipinski definition) is 3. The molecule has 0 bridgehead atoms. The molecule has 0 radical (unpaired) electrons. The molecule has 2 aromatic rings. The van der Waals surface area contributed by atoms with E-state index in [9.17, 15) is 9.90 Å². The predicted octanol–water partition coefficient (Wildman–Crippen LogP) is 3.32. The minimum absolute atomic E-state index is 0.0185. The van der Waals surface area contributed by atoms with Crippen LogP contribution in [0.3, 0.4) is 0 Å². The van der Waals surface area contributed by atoms with Gasteiger partial charge < -0.3 is 14.4 Å². The first-order valence-corrected chi connectivity index (χ1v) is 7.63. The fourth-order valence-electron chi connectivity index (χ4n) is 3.17. The zero-order valence-corrected chi connectivity index (χ0v) is 13.0. The van der Waals surface area contributed by atoms with E-state index in [4.69, 9.17) is 4.42 Å². The lowest BCUT2D eigenvalue weighted by Crippen LogP contribution is -2.48. The molecule has 3 rings (SSSR count). The number of rotatable bonds is 3. The van der Waals surface area contributed by atoms with Crippen LogP contribution in [0.25, 0.3) is 11.1 Å². The van der Waals surface area contributed by atoms with Gasteiger partial charge in [-0.15, -0.1) is 0 Å². The van der Waals surface area contributed by atoms with E-state index >= 15 is 0 Å². The smallest absolute Gasteiger partial charge is 0.254 e. The zero-order chi connectivity index (χ0) is 15.7. The van der Waals surface area contributed by atoms with Gasteiger partial charge >= 0.3 is 0 Å². The molecule has 1 aromatic carbocycles. The Morgan fingerprint density at radius 1 is 1.32 bits per heavy atom. The third-order valence-corrected chi connectivity index (χ3v) is 4.29. The minimum Gasteiger partial charge on any atom is -0.472 e. The van der Waals surface area contributed by atoms with Gasteiger partial charge in [0.15, 0.2) is 0 Å². The summed E-state index contributed by atoms with van der Waals surface area (Å²) >= 11 is 0. The Kier molecular flexibility index (Phi) is 3.79. The monoisotopic (exact) mass is 299 g/mol. The molecular weight excluding hydrogens is 278 g/mol. The van der Waals surface area contributed by atoms with Gasteiger partial charge in [0.25, 0.3) is 5.91 Å². The molecule has 0 unspecified atom stereocenters. The van der Waals surface area contributed by atoms with Crippen LogP contribution >= 0.6 is 0 Å². The molecule has 0 aliphatic carbocycles. The third-order valence-electron chi connectivity index (χ3n) is 4.29. The van der Waals surface area contributed by atoms with E-state index in [2.05, 4.69) is 0 Å². The maximum Gasteiger partial charge on any atom is 0.254 e. The van der Waals surface area contributed by atoms with Gasteiger partial charge in [0.1, 0.15) is 0 Å². The van der Waals surface area contributed by atoms with Gasteiger partial charge in [-0.05, 0) is 50.5 Å². The van der Waals surface area contributed by atoms with Gasteiger partial charge in [-0.3, -0.25) is 4.79 Å². The number of benzene rings is 1. The number of hydrogen-bond donors (Lipinski definition) is 1. The fraction of sp³-hybridized carbons (Fsp3) is 0.389. The van der Waals surface area contributed by atoms with E-state index in [1.54, 1.807) is 31.3 Å². The van der Waals surface area contributed by atoms with E-state index in [-0.39, 0.29) is 11.9 Å². The Morgan fingerprint density at radius 2 is 2.14 bits per heavy atom. The number of nitrogens with zero attached hydrogens (tertiary/aromatic N) is 1. The second-order valence-corrected chi connectivity index (χ2v) is 6.40. The minimum atomic E-state index is -0.881. The van der Waals surface area contributed by atoms with Crippen molar-refractivity contribution in [1.82, 2.24) is 4.90 Å². The van der Waals surface area contributed by atoms with E-state index in [1.807, 2.05) is 30.3 Å². The normalized spacial score (nSPS) is 18.7. The maximum absolute atomic E-state index is 12.8. The number of likely N-dealkylation sites (tertiary alicyclic amines) is 1. The van der Waals surface area contributed by atoms with Crippen molar-refractivity contribution in [3.8, 4) is 11.1 Å². The number of aliphatic hydroxyl groups is 1. The molecule has 116 valence electrons. The average molecular weight is 299 g/mol. The molecule has 1 N–H and O–H groups in total. The second-order valence-electron chi connectivity index (χ2n) is 6.40. The maximum atomic E-state index is 12.8. The summed E-state index contributed by atoms with van der Waals surface area (Å²) in [5.74, 6) is -0.0185. The van der Waals surface area contributed by atoms with Crippen LogP contribution in [-0.4, -0.2) is 34.1 Å². The molecule has 1 aliphatic heterocycles. The van der Waals surface area contributed by atoms with Crippen LogP contribution in [0.15, 0.2) is 47.3 Å². The molecule has 1 aromatic heterocycles. The molecule has 1 fully saturated rings. The third kappa shape index (κ3) is 2.79. The first kappa shape index (κ1) is 14.9. The second kappa shape index (κ2) is 5.61. The standard InChI is InChI=1S/C18H21NO3/c1-18(2,21)16-7-4-9-19(16)17(20)14-6-3-5-13(11-14)15-8-10-22-12-15/h3,5-6,8,10-12,16,21H,4,7,9H2,1-2H3/t16-/m0/s1.